The molecule has 2 amide bonds. The number of hydrogen-bond acceptors (Lipinski definition) is 4. The van der Waals surface area contributed by atoms with E-state index in [2.05, 4.69) is 24.1 Å². The maximum Gasteiger partial charge on any atom is 0.322 e. The molecular weight excluding hydrogens is 500 g/mol. The number of nitrogens with zero attached hydrogens (tertiary/aromatic N) is 2. The van der Waals surface area contributed by atoms with Crippen LogP contribution < -0.4 is 14.8 Å². The van der Waals surface area contributed by atoms with E-state index in [4.69, 9.17) is 9.47 Å². The molecule has 0 aromatic heterocycles. The van der Waals surface area contributed by atoms with Gasteiger partial charge in [0.1, 0.15) is 18.2 Å². The van der Waals surface area contributed by atoms with E-state index in [1.54, 1.807) is 12.0 Å². The van der Waals surface area contributed by atoms with Gasteiger partial charge in [-0.1, -0.05) is 50.2 Å². The van der Waals surface area contributed by atoms with Crippen LogP contribution in [0, 0.1) is 11.6 Å². The van der Waals surface area contributed by atoms with E-state index in [9.17, 15) is 13.6 Å². The third kappa shape index (κ3) is 8.96. The molecule has 0 fully saturated rings. The van der Waals surface area contributed by atoms with Crippen molar-refractivity contribution in [2.45, 2.75) is 52.8 Å². The maximum atomic E-state index is 14.3. The molecule has 3 aromatic rings. The van der Waals surface area contributed by atoms with E-state index < -0.39 is 17.7 Å². The van der Waals surface area contributed by atoms with Crippen molar-refractivity contribution in [1.29, 1.82) is 0 Å². The number of carbonyl (C=O) groups excluding carboxylic acids is 1. The van der Waals surface area contributed by atoms with Crippen LogP contribution in [0.3, 0.4) is 0 Å². The fraction of sp³-hybridized carbons (Fsp3) is 0.387. The Balaban J connectivity index is 1.79. The molecule has 1 atom stereocenters. The quantitative estimate of drug-likeness (QED) is 0.238. The Bertz CT molecular complexity index is 1190. The molecule has 0 aliphatic rings. The Morgan fingerprint density at radius 1 is 0.949 bits per heavy atom. The van der Waals surface area contributed by atoms with Crippen LogP contribution in [0.25, 0.3) is 0 Å². The number of nitrogens with one attached hydrogen (secondary N) is 1. The van der Waals surface area contributed by atoms with Crippen LogP contribution in [0.1, 0.15) is 44.7 Å². The zero-order valence-electron chi connectivity index (χ0n) is 23.3. The summed E-state index contributed by atoms with van der Waals surface area (Å²) in [6, 6.07) is 17.9. The number of urea groups is 1. The summed E-state index contributed by atoms with van der Waals surface area (Å²) in [7, 11) is 1.58. The Labute approximate surface area is 230 Å². The standard InChI is InChI=1S/C31H39F2N3O3/c1-5-35(6-2)18-10-11-23(3)36(31(37)34-28-16-15-26(32)20-27(28)33)21-25-14-17-29(38-4)30(19-25)39-22-24-12-8-7-9-13-24/h7-9,12-17,19-20,23H,5-6,10-11,18,21-22H2,1-4H3,(H,34,37). The normalized spacial score (nSPS) is 11.8. The largest absolute Gasteiger partial charge is 0.493 e. The highest BCUT2D eigenvalue weighted by atomic mass is 19.1. The number of rotatable bonds is 14. The molecule has 0 aliphatic carbocycles. The van der Waals surface area contributed by atoms with Gasteiger partial charge in [-0.3, -0.25) is 0 Å². The lowest BCUT2D eigenvalue weighted by molar-refractivity contribution is 0.180. The summed E-state index contributed by atoms with van der Waals surface area (Å²) in [5, 5.41) is 2.62. The molecule has 0 spiro atoms. The lowest BCUT2D eigenvalue weighted by Gasteiger charge is -2.30. The van der Waals surface area contributed by atoms with Crippen molar-refractivity contribution in [3.8, 4) is 11.5 Å². The van der Waals surface area contributed by atoms with Crippen LogP contribution in [0.5, 0.6) is 11.5 Å². The first-order chi connectivity index (χ1) is 18.8. The average molecular weight is 540 g/mol. The number of methoxy groups -OCH3 is 1. The molecule has 39 heavy (non-hydrogen) atoms. The first-order valence-corrected chi connectivity index (χ1v) is 13.4. The Morgan fingerprint density at radius 2 is 1.69 bits per heavy atom. The fourth-order valence-corrected chi connectivity index (χ4v) is 4.38. The van der Waals surface area contributed by atoms with Crippen LogP contribution in [0.2, 0.25) is 0 Å². The number of halogens is 2. The van der Waals surface area contributed by atoms with Gasteiger partial charge >= 0.3 is 6.03 Å². The van der Waals surface area contributed by atoms with Crippen molar-refractivity contribution in [2.75, 3.05) is 32.1 Å². The monoisotopic (exact) mass is 539 g/mol. The summed E-state index contributed by atoms with van der Waals surface area (Å²) in [6.07, 6.45) is 1.68. The third-order valence-electron chi connectivity index (χ3n) is 6.77. The topological polar surface area (TPSA) is 54.0 Å². The number of anilines is 1. The van der Waals surface area contributed by atoms with Crippen molar-refractivity contribution >= 4 is 11.7 Å². The Kier molecular flexibility index (Phi) is 11.6. The van der Waals surface area contributed by atoms with Crippen molar-refractivity contribution in [3.05, 3.63) is 89.5 Å². The molecule has 0 radical (unpaired) electrons. The van der Waals surface area contributed by atoms with Gasteiger partial charge < -0.3 is 24.6 Å². The fourth-order valence-electron chi connectivity index (χ4n) is 4.38. The van der Waals surface area contributed by atoms with Crippen molar-refractivity contribution in [2.24, 2.45) is 0 Å². The van der Waals surface area contributed by atoms with Gasteiger partial charge in [-0.15, -0.1) is 0 Å². The summed E-state index contributed by atoms with van der Waals surface area (Å²) >= 11 is 0. The van der Waals surface area contributed by atoms with E-state index in [-0.39, 0.29) is 18.3 Å². The number of amides is 2. The van der Waals surface area contributed by atoms with Crippen LogP contribution in [0.4, 0.5) is 19.3 Å². The van der Waals surface area contributed by atoms with Crippen LogP contribution in [0.15, 0.2) is 66.7 Å². The van der Waals surface area contributed by atoms with Crippen molar-refractivity contribution < 1.29 is 23.0 Å². The lowest BCUT2D eigenvalue weighted by Crippen LogP contribution is -2.41. The Morgan fingerprint density at radius 3 is 2.36 bits per heavy atom. The number of ether oxygens (including phenoxy) is 2. The van der Waals surface area contributed by atoms with Gasteiger partial charge in [-0.05, 0) is 74.8 Å². The molecule has 0 heterocycles. The van der Waals surface area contributed by atoms with E-state index >= 15 is 0 Å². The molecule has 1 unspecified atom stereocenters. The summed E-state index contributed by atoms with van der Waals surface area (Å²) in [6.45, 7) is 9.75. The lowest BCUT2D eigenvalue weighted by atomic mass is 10.1. The summed E-state index contributed by atoms with van der Waals surface area (Å²) in [5.41, 5.74) is 1.79. The van der Waals surface area contributed by atoms with E-state index in [0.29, 0.717) is 18.1 Å². The van der Waals surface area contributed by atoms with Crippen molar-refractivity contribution in [1.82, 2.24) is 9.80 Å². The molecule has 3 aromatic carbocycles. The zero-order chi connectivity index (χ0) is 28.2. The second-order valence-electron chi connectivity index (χ2n) is 9.46. The summed E-state index contributed by atoms with van der Waals surface area (Å²) < 4.78 is 39.3. The maximum absolute atomic E-state index is 14.3. The highest BCUT2D eigenvalue weighted by Crippen LogP contribution is 2.30. The predicted molar refractivity (Wildman–Crippen MR) is 151 cm³/mol. The number of carbonyl (C=O) groups is 1. The van der Waals surface area contributed by atoms with Gasteiger partial charge in [0.25, 0.3) is 0 Å². The average Bonchev–Trinajstić information content (AvgIpc) is 2.94. The zero-order valence-corrected chi connectivity index (χ0v) is 23.3. The smallest absolute Gasteiger partial charge is 0.322 e. The first kappa shape index (κ1) is 29.9. The summed E-state index contributed by atoms with van der Waals surface area (Å²) in [4.78, 5) is 17.4. The second kappa shape index (κ2) is 15.1. The van der Waals surface area contributed by atoms with E-state index in [1.165, 1.54) is 6.07 Å². The predicted octanol–water partition coefficient (Wildman–Crippen LogP) is 7.10. The van der Waals surface area contributed by atoms with Crippen LogP contribution in [-0.2, 0) is 13.2 Å². The minimum atomic E-state index is -0.821. The van der Waals surface area contributed by atoms with E-state index in [1.807, 2.05) is 55.5 Å². The SMILES string of the molecule is CCN(CC)CCCC(C)N(Cc1ccc(OC)c(OCc2ccccc2)c1)C(=O)Nc1ccc(F)cc1F. The third-order valence-corrected chi connectivity index (χ3v) is 6.77. The van der Waals surface area contributed by atoms with E-state index in [0.717, 1.165) is 55.7 Å². The van der Waals surface area contributed by atoms with Crippen LogP contribution >= 0.6 is 0 Å². The van der Waals surface area contributed by atoms with Crippen LogP contribution in [-0.4, -0.2) is 48.6 Å². The molecule has 6 nitrogen and oxygen atoms in total. The molecule has 0 aliphatic heterocycles. The summed E-state index contributed by atoms with van der Waals surface area (Å²) in [5.74, 6) is -0.365. The molecule has 8 heteroatoms. The molecular formula is C31H39F2N3O3. The number of hydrogen-bond donors (Lipinski definition) is 1. The van der Waals surface area contributed by atoms with Gasteiger partial charge in [-0.2, -0.15) is 0 Å². The molecule has 1 N–H and O–H groups in total. The first-order valence-electron chi connectivity index (χ1n) is 13.4. The van der Waals surface area contributed by atoms with Gasteiger partial charge in [0.15, 0.2) is 11.5 Å². The highest BCUT2D eigenvalue weighted by molar-refractivity contribution is 5.89. The van der Waals surface area contributed by atoms with Gasteiger partial charge in [0.05, 0.1) is 12.8 Å². The molecule has 3 rings (SSSR count). The van der Waals surface area contributed by atoms with Gasteiger partial charge in [0.2, 0.25) is 0 Å². The molecule has 0 saturated carbocycles. The molecule has 0 saturated heterocycles. The van der Waals surface area contributed by atoms with Gasteiger partial charge in [0, 0.05) is 18.7 Å². The minimum absolute atomic E-state index is 0.0663. The van der Waals surface area contributed by atoms with Gasteiger partial charge in [-0.25, -0.2) is 13.6 Å². The second-order valence-corrected chi connectivity index (χ2v) is 9.46. The molecule has 0 bridgehead atoms. The Hall–Kier alpha value is -3.65. The molecule has 210 valence electrons. The minimum Gasteiger partial charge on any atom is -0.493 e. The van der Waals surface area contributed by atoms with Crippen molar-refractivity contribution in [3.63, 3.8) is 0 Å². The highest BCUT2D eigenvalue weighted by Gasteiger charge is 2.22. The number of benzene rings is 3.